The van der Waals surface area contributed by atoms with Crippen molar-refractivity contribution in [2.75, 3.05) is 29.4 Å². The highest BCUT2D eigenvalue weighted by Gasteiger charge is 2.17. The molecule has 0 spiro atoms. The van der Waals surface area contributed by atoms with Crippen LogP contribution in [0.1, 0.15) is 86.0 Å². The number of halogens is 1. The summed E-state index contributed by atoms with van der Waals surface area (Å²) in [4.78, 5) is 16.0. The Morgan fingerprint density at radius 2 is 1.71 bits per heavy atom. The van der Waals surface area contributed by atoms with Gasteiger partial charge in [-0.25, -0.2) is 4.39 Å². The Labute approximate surface area is 172 Å². The molecule has 0 bridgehead atoms. The summed E-state index contributed by atoms with van der Waals surface area (Å²) >= 11 is 0. The third-order valence-corrected chi connectivity index (χ3v) is 5.37. The highest BCUT2D eigenvalue weighted by atomic mass is 19.1. The van der Waals surface area contributed by atoms with E-state index in [0.29, 0.717) is 23.8 Å². The van der Waals surface area contributed by atoms with E-state index in [1.165, 1.54) is 25.3 Å². The molecule has 3 nitrogen and oxygen atoms in total. The summed E-state index contributed by atoms with van der Waals surface area (Å²) < 4.78 is 15.0. The van der Waals surface area contributed by atoms with Gasteiger partial charge in [0.1, 0.15) is 5.82 Å². The molecule has 1 atom stereocenters. The first-order valence-corrected chi connectivity index (χ1v) is 11.3. The summed E-state index contributed by atoms with van der Waals surface area (Å²) in [6.45, 7) is 12.7. The Balaban J connectivity index is 2.88. The lowest BCUT2D eigenvalue weighted by Gasteiger charge is -2.27. The molecule has 1 rings (SSSR count). The molecule has 1 amide bonds. The second kappa shape index (κ2) is 13.6. The molecule has 1 unspecified atom stereocenters. The quantitative estimate of drug-likeness (QED) is 0.325. The van der Waals surface area contributed by atoms with Crippen LogP contribution < -0.4 is 9.80 Å². The molecule has 4 heteroatoms. The van der Waals surface area contributed by atoms with Gasteiger partial charge in [-0.2, -0.15) is 0 Å². The van der Waals surface area contributed by atoms with Crippen molar-refractivity contribution in [2.45, 2.75) is 86.0 Å². The van der Waals surface area contributed by atoms with Crippen LogP contribution in [-0.2, 0) is 4.79 Å². The molecule has 1 aromatic carbocycles. The van der Waals surface area contributed by atoms with Crippen LogP contribution in [0.4, 0.5) is 15.8 Å². The van der Waals surface area contributed by atoms with Crippen LogP contribution in [0, 0.1) is 11.7 Å². The van der Waals surface area contributed by atoms with Gasteiger partial charge in [-0.1, -0.05) is 59.8 Å². The number of carbonyl (C=O) groups excluding carboxylic acids is 1. The summed E-state index contributed by atoms with van der Waals surface area (Å²) in [7, 11) is 0. The zero-order chi connectivity index (χ0) is 20.9. The van der Waals surface area contributed by atoms with Crippen molar-refractivity contribution < 1.29 is 9.18 Å². The lowest BCUT2D eigenvalue weighted by Crippen LogP contribution is -2.31. The van der Waals surface area contributed by atoms with E-state index in [4.69, 9.17) is 0 Å². The highest BCUT2D eigenvalue weighted by molar-refractivity contribution is 5.91. The molecule has 28 heavy (non-hydrogen) atoms. The fraction of sp³-hybridized carbons (Fsp3) is 0.708. The Morgan fingerprint density at radius 3 is 2.29 bits per heavy atom. The average Bonchev–Trinajstić information content (AvgIpc) is 2.65. The lowest BCUT2D eigenvalue weighted by molar-refractivity contribution is -0.116. The first kappa shape index (κ1) is 24.5. The molecule has 0 radical (unpaired) electrons. The van der Waals surface area contributed by atoms with Crippen LogP contribution in [0.2, 0.25) is 0 Å². The first-order chi connectivity index (χ1) is 13.4. The predicted molar refractivity (Wildman–Crippen MR) is 120 cm³/mol. The third-order valence-electron chi connectivity index (χ3n) is 5.37. The zero-order valence-corrected chi connectivity index (χ0v) is 18.8. The van der Waals surface area contributed by atoms with E-state index in [1.54, 1.807) is 11.8 Å². The molecule has 0 N–H and O–H groups in total. The minimum absolute atomic E-state index is 0.0270. The maximum atomic E-state index is 15.0. The molecule has 0 saturated carbocycles. The Kier molecular flexibility index (Phi) is 11.9. The molecule has 0 fully saturated rings. The van der Waals surface area contributed by atoms with Gasteiger partial charge in [0.2, 0.25) is 5.91 Å². The number of hydrogen-bond donors (Lipinski definition) is 0. The van der Waals surface area contributed by atoms with Crippen molar-refractivity contribution in [3.8, 4) is 0 Å². The van der Waals surface area contributed by atoms with E-state index in [0.717, 1.165) is 45.2 Å². The minimum Gasteiger partial charge on any atom is -0.369 e. The molecule has 1 aromatic rings. The molecule has 0 aliphatic carbocycles. The van der Waals surface area contributed by atoms with Crippen LogP contribution in [0.5, 0.6) is 0 Å². The van der Waals surface area contributed by atoms with Crippen molar-refractivity contribution >= 4 is 17.3 Å². The van der Waals surface area contributed by atoms with Gasteiger partial charge in [0.05, 0.1) is 5.69 Å². The van der Waals surface area contributed by atoms with Crippen LogP contribution in [0.25, 0.3) is 0 Å². The molecule has 0 aliphatic rings. The maximum Gasteiger partial charge on any atom is 0.223 e. The van der Waals surface area contributed by atoms with E-state index in [1.807, 2.05) is 12.1 Å². The summed E-state index contributed by atoms with van der Waals surface area (Å²) in [5, 5.41) is 0. The average molecular weight is 393 g/mol. The van der Waals surface area contributed by atoms with E-state index >= 15 is 0 Å². The SMILES string of the molecule is CCCCCCN(CCC)c1ccc(N(CCC(C)CCC)C(C)=O)cc1F. The van der Waals surface area contributed by atoms with Crippen molar-refractivity contribution in [3.63, 3.8) is 0 Å². The van der Waals surface area contributed by atoms with E-state index in [2.05, 4.69) is 32.6 Å². The van der Waals surface area contributed by atoms with Gasteiger partial charge in [0, 0.05) is 32.2 Å². The van der Waals surface area contributed by atoms with Crippen LogP contribution >= 0.6 is 0 Å². The van der Waals surface area contributed by atoms with E-state index < -0.39 is 0 Å². The summed E-state index contributed by atoms with van der Waals surface area (Å²) in [5.74, 6) is 0.314. The zero-order valence-electron chi connectivity index (χ0n) is 18.8. The van der Waals surface area contributed by atoms with Crippen LogP contribution in [-0.4, -0.2) is 25.5 Å². The summed E-state index contributed by atoms with van der Waals surface area (Å²) in [6.07, 6.45) is 8.94. The third kappa shape index (κ3) is 8.20. The second-order valence-corrected chi connectivity index (χ2v) is 8.04. The Morgan fingerprint density at radius 1 is 0.964 bits per heavy atom. The van der Waals surface area contributed by atoms with Gasteiger partial charge < -0.3 is 9.80 Å². The molecule has 0 aromatic heterocycles. The van der Waals surface area contributed by atoms with Gasteiger partial charge in [-0.3, -0.25) is 4.79 Å². The Bertz CT molecular complexity index is 576. The number of anilines is 2. The molecule has 0 heterocycles. The Hall–Kier alpha value is -1.58. The maximum absolute atomic E-state index is 15.0. The summed E-state index contributed by atoms with van der Waals surface area (Å²) in [6, 6.07) is 5.29. The predicted octanol–water partition coefficient (Wildman–Crippen LogP) is 6.80. The monoisotopic (exact) mass is 392 g/mol. The lowest BCUT2D eigenvalue weighted by atomic mass is 10.0. The second-order valence-electron chi connectivity index (χ2n) is 8.04. The number of amides is 1. The number of rotatable bonds is 14. The van der Waals surface area contributed by atoms with Gasteiger partial charge in [-0.05, 0) is 43.4 Å². The van der Waals surface area contributed by atoms with Crippen molar-refractivity contribution in [2.24, 2.45) is 5.92 Å². The number of benzene rings is 1. The molecule has 0 aliphatic heterocycles. The topological polar surface area (TPSA) is 23.6 Å². The molecular weight excluding hydrogens is 351 g/mol. The molecular formula is C24H41FN2O. The van der Waals surface area contributed by atoms with Gasteiger partial charge in [-0.15, -0.1) is 0 Å². The highest BCUT2D eigenvalue weighted by Crippen LogP contribution is 2.27. The molecule has 0 saturated heterocycles. The van der Waals surface area contributed by atoms with Gasteiger partial charge >= 0.3 is 0 Å². The fourth-order valence-electron chi connectivity index (χ4n) is 3.73. The molecule has 160 valence electrons. The van der Waals surface area contributed by atoms with Gasteiger partial charge in [0.15, 0.2) is 0 Å². The van der Waals surface area contributed by atoms with Crippen molar-refractivity contribution in [1.29, 1.82) is 0 Å². The normalized spacial score (nSPS) is 12.1. The smallest absolute Gasteiger partial charge is 0.223 e. The van der Waals surface area contributed by atoms with Crippen molar-refractivity contribution in [3.05, 3.63) is 24.0 Å². The van der Waals surface area contributed by atoms with Crippen molar-refractivity contribution in [1.82, 2.24) is 0 Å². The van der Waals surface area contributed by atoms with Gasteiger partial charge in [0.25, 0.3) is 0 Å². The largest absolute Gasteiger partial charge is 0.369 e. The van der Waals surface area contributed by atoms with Crippen LogP contribution in [0.15, 0.2) is 18.2 Å². The fourth-order valence-corrected chi connectivity index (χ4v) is 3.73. The minimum atomic E-state index is -0.228. The first-order valence-electron chi connectivity index (χ1n) is 11.3. The number of carbonyl (C=O) groups is 1. The van der Waals surface area contributed by atoms with E-state index in [-0.39, 0.29) is 11.7 Å². The number of nitrogens with zero attached hydrogens (tertiary/aromatic N) is 2. The summed E-state index contributed by atoms with van der Waals surface area (Å²) in [5.41, 5.74) is 1.32. The number of unbranched alkanes of at least 4 members (excludes halogenated alkanes) is 3. The standard InChI is InChI=1S/C24H41FN2O/c1-6-9-10-11-17-26(16-8-3)24-14-13-22(19-23(24)25)27(21(5)28)18-15-20(4)12-7-2/h13-14,19-20H,6-12,15-18H2,1-5H3. The van der Waals surface area contributed by atoms with E-state index in [9.17, 15) is 9.18 Å². The van der Waals surface area contributed by atoms with Crippen LogP contribution in [0.3, 0.4) is 0 Å². The number of hydrogen-bond acceptors (Lipinski definition) is 2.